The zero-order valence-corrected chi connectivity index (χ0v) is 52.7. The van der Waals surface area contributed by atoms with Crippen molar-refractivity contribution in [1.82, 2.24) is 30.0 Å². The van der Waals surface area contributed by atoms with Gasteiger partial charge in [-0.2, -0.15) is 0 Å². The predicted octanol–water partition coefficient (Wildman–Crippen LogP) is -16.7. The number of hydrogen-bond donors (Lipinski definition) is 24. The topological polar surface area (TPSA) is 736 Å². The molecule has 8 aliphatic rings. The fraction of sp³-hybridized carbons (Fsp3) is 0.923. The van der Waals surface area contributed by atoms with Crippen molar-refractivity contribution in [3.8, 4) is 0 Å². The van der Waals surface area contributed by atoms with Crippen molar-refractivity contribution in [2.45, 2.75) is 272 Å². The maximum absolute atomic E-state index is 12.0. The van der Waals surface area contributed by atoms with Crippen molar-refractivity contribution in [2.75, 3.05) is 26.2 Å². The Labute approximate surface area is 554 Å². The van der Waals surface area contributed by atoms with E-state index in [-0.39, 0.29) is 89.1 Å². The van der Waals surface area contributed by atoms with E-state index in [9.17, 15) is 61.3 Å². The third-order valence-corrected chi connectivity index (χ3v) is 18.8. The summed E-state index contributed by atoms with van der Waals surface area (Å²) in [6.07, 6.45) is -40.2. The highest BCUT2D eigenvalue weighted by Crippen LogP contribution is 2.38. The Bertz CT molecular complexity index is 2550. The first-order valence-electron chi connectivity index (χ1n) is 31.4. The summed E-state index contributed by atoms with van der Waals surface area (Å²) >= 11 is 0. The molecule has 0 aromatic carbocycles. The zero-order valence-electron chi connectivity index (χ0n) is 51.9. The highest BCUT2D eigenvalue weighted by atomic mass is 35.5. The highest BCUT2D eigenvalue weighted by Gasteiger charge is 2.58. The third-order valence-electron chi connectivity index (χ3n) is 18.8. The van der Waals surface area contributed by atoms with Crippen LogP contribution >= 0.6 is 12.4 Å². The van der Waals surface area contributed by atoms with Crippen LogP contribution in [0.25, 0.3) is 0 Å². The van der Waals surface area contributed by atoms with Gasteiger partial charge < -0.3 is 192 Å². The van der Waals surface area contributed by atoms with Gasteiger partial charge in [0, 0.05) is 50.3 Å². The van der Waals surface area contributed by atoms with Crippen LogP contribution in [-0.4, -0.2) is 350 Å². The molecular formula is C52H97ClN18O25. The third kappa shape index (κ3) is 16.3. The van der Waals surface area contributed by atoms with Gasteiger partial charge in [-0.05, 0) is 12.8 Å². The number of hydrogen-bond acceptors (Lipinski definition) is 41. The maximum Gasteiger partial charge on any atom is 0.187 e. The number of halogens is 1. The summed E-state index contributed by atoms with van der Waals surface area (Å²) in [5, 5.41) is 149. The second-order valence-electron chi connectivity index (χ2n) is 25.5. The van der Waals surface area contributed by atoms with Crippen molar-refractivity contribution in [3.63, 3.8) is 0 Å². The fourth-order valence-corrected chi connectivity index (χ4v) is 13.1. The van der Waals surface area contributed by atoms with Crippen LogP contribution in [0.2, 0.25) is 0 Å². The van der Waals surface area contributed by atoms with E-state index >= 15 is 0 Å². The summed E-state index contributed by atoms with van der Waals surface area (Å²) in [6.45, 7) is -1.77. The molecule has 0 spiro atoms. The SMILES string of the molecule is Cl.NC[C@@H]1O[C@H](O[C@H]2[C@@H](O)[C@H](O[C@@H]3[C@@H](O)[C@H](N)C[C@H](N)[C@H]3O[C@H]3O[C@H](CN)[C@@H](O)[C@H](O)[C@H]3N)O[C@@H]2Cn2cc(COCc3cn(C[C@H]4O[C@@H](O[C@@H]5[C@@H](O)[C@H](N)C[C@H](N)[C@H]5O[C@H]5O[C@H](CN)[C@@H](O)[C@H](O)[C@H]5N)[C@H](O)[C@@H]4O[C@H]4O[C@@H](CN)[C@@H](O)[C@H](O)[C@H]4N)nn3)nn2)[C@H](N)[C@@H](O)[C@@H]1O. The van der Waals surface area contributed by atoms with Gasteiger partial charge in [0.05, 0.1) is 75.1 Å². The quantitative estimate of drug-likeness (QED) is 0.0464. The van der Waals surface area contributed by atoms with Crippen molar-refractivity contribution >= 4 is 12.4 Å². The average Bonchev–Trinajstić information content (AvgIpc) is 0.825. The second kappa shape index (κ2) is 33.0. The summed E-state index contributed by atoms with van der Waals surface area (Å²) in [5.41, 5.74) is 74.5. The number of aliphatic hydroxyl groups excluding tert-OH is 12. The predicted molar refractivity (Wildman–Crippen MR) is 318 cm³/mol. The van der Waals surface area contributed by atoms with Gasteiger partial charge in [-0.25, -0.2) is 9.36 Å². The lowest BCUT2D eigenvalue weighted by molar-refractivity contribution is -0.306. The summed E-state index contributed by atoms with van der Waals surface area (Å²) in [7, 11) is 0. The Morgan fingerprint density at radius 2 is 0.615 bits per heavy atom. The molecule has 96 heavy (non-hydrogen) atoms. The first kappa shape index (κ1) is 77.3. The van der Waals surface area contributed by atoms with E-state index in [0.717, 1.165) is 0 Å². The number of nitrogens with zero attached hydrogens (tertiary/aromatic N) is 6. The molecule has 8 heterocycles. The van der Waals surface area contributed by atoms with E-state index in [2.05, 4.69) is 20.6 Å². The molecule has 0 amide bonds. The van der Waals surface area contributed by atoms with Gasteiger partial charge >= 0.3 is 0 Å². The molecule has 2 aromatic heterocycles. The van der Waals surface area contributed by atoms with Gasteiger partial charge in [-0.1, -0.05) is 10.4 Å². The minimum atomic E-state index is -1.74. The van der Waals surface area contributed by atoms with Crippen molar-refractivity contribution < 1.29 is 123 Å². The summed E-state index contributed by atoms with van der Waals surface area (Å²) in [4.78, 5) is 0. The molecule has 2 aromatic rings. The number of aliphatic hydroxyl groups is 12. The standard InChI is InChI=1S/C52H96N18O25.ClH/c53-3-19-31(73)35(77)25(61)47(84-19)90-41-17(59)1-15(57)29(71)45(41)94-51-39(81)43(92-49-27(63)37(79)33(75)21(5-55)86-49)23(88-51)9-69-7-13(65-67-69)11-83-12-14-8-70(68-66-14)10-24-44(93-50-28(64)38(80)34(76)22(6-56)87-50)40(82)52(89-24)95-46-30(72)16(58)2-18(60)42(46)91-48-26(62)36(78)32(74)20(4-54)85-48;/h7-8,15-52,71-82H,1-6,9-12,53-64H2;1H/t15-,16-,17+,18+,19-,20-,21+,22+,23-,24-,25-,26-,27-,28-,29+,30+,31-,32-,33-,34-,35-,36-,37-,38-,39-,40-,41-,42-,43-,44-,45-,46-,47-,48-,49-,50-,51+,52+;/m1./s1. The number of aromatic nitrogens is 6. The smallest absolute Gasteiger partial charge is 0.187 e. The van der Waals surface area contributed by atoms with E-state index in [1.54, 1.807) is 0 Å². The number of rotatable bonds is 24. The molecule has 43 nitrogen and oxygen atoms in total. The average molecular weight is 1410 g/mol. The van der Waals surface area contributed by atoms with E-state index in [4.69, 9.17) is 130 Å². The molecule has 2 aliphatic carbocycles. The van der Waals surface area contributed by atoms with Crippen LogP contribution in [0.1, 0.15) is 24.2 Å². The molecule has 6 saturated heterocycles. The molecule has 44 heteroatoms. The lowest BCUT2D eigenvalue weighted by atomic mass is 9.84. The van der Waals surface area contributed by atoms with Crippen LogP contribution in [0.15, 0.2) is 12.4 Å². The van der Waals surface area contributed by atoms with E-state index in [1.165, 1.54) is 21.8 Å². The minimum Gasteiger partial charge on any atom is -0.389 e. The molecule has 36 N–H and O–H groups in total. The van der Waals surface area contributed by atoms with Gasteiger partial charge in [0.25, 0.3) is 0 Å². The van der Waals surface area contributed by atoms with Crippen LogP contribution in [-0.2, 0) is 87.9 Å². The van der Waals surface area contributed by atoms with E-state index < -0.39 is 233 Å². The molecule has 38 atom stereocenters. The first-order chi connectivity index (χ1) is 45.2. The van der Waals surface area contributed by atoms with Gasteiger partial charge in [0.15, 0.2) is 37.7 Å². The van der Waals surface area contributed by atoms with Crippen LogP contribution in [0, 0.1) is 0 Å². The fourth-order valence-electron chi connectivity index (χ4n) is 13.1. The van der Waals surface area contributed by atoms with Crippen molar-refractivity contribution in [2.24, 2.45) is 68.8 Å². The molecular weight excluding hydrogens is 1310 g/mol. The van der Waals surface area contributed by atoms with Gasteiger partial charge in [-0.15, -0.1) is 22.6 Å². The molecule has 0 unspecified atom stereocenters. The monoisotopic (exact) mass is 1410 g/mol. The summed E-state index contributed by atoms with van der Waals surface area (Å²) in [5.74, 6) is 0. The molecule has 2 saturated carbocycles. The van der Waals surface area contributed by atoms with E-state index in [1.807, 2.05) is 0 Å². The Hall–Kier alpha value is -2.91. The zero-order chi connectivity index (χ0) is 68.8. The molecule has 552 valence electrons. The minimum absolute atomic E-state index is 0. The normalized spacial score (nSPS) is 48.6. The second-order valence-corrected chi connectivity index (χ2v) is 25.5. The van der Waals surface area contributed by atoms with Gasteiger partial charge in [0.1, 0.15) is 146 Å². The molecule has 6 aliphatic heterocycles. The first-order valence-corrected chi connectivity index (χ1v) is 31.4. The molecule has 10 rings (SSSR count). The molecule has 8 fully saturated rings. The van der Waals surface area contributed by atoms with Crippen LogP contribution in [0.4, 0.5) is 0 Å². The largest absolute Gasteiger partial charge is 0.389 e. The Morgan fingerprint density at radius 3 is 0.906 bits per heavy atom. The van der Waals surface area contributed by atoms with Crippen LogP contribution in [0.3, 0.4) is 0 Å². The van der Waals surface area contributed by atoms with Crippen molar-refractivity contribution in [3.05, 3.63) is 23.8 Å². The molecule has 0 radical (unpaired) electrons. The highest BCUT2D eigenvalue weighted by molar-refractivity contribution is 5.85. The Balaban J connectivity index is 0.0000108. The number of nitrogens with two attached hydrogens (primary N) is 12. The Morgan fingerprint density at radius 1 is 0.344 bits per heavy atom. The van der Waals surface area contributed by atoms with E-state index in [0.29, 0.717) is 0 Å². The molecule has 0 bridgehead atoms. The van der Waals surface area contributed by atoms with Crippen LogP contribution in [0.5, 0.6) is 0 Å². The lowest BCUT2D eigenvalue weighted by Crippen LogP contribution is -2.68. The van der Waals surface area contributed by atoms with Gasteiger partial charge in [-0.3, -0.25) is 0 Å². The van der Waals surface area contributed by atoms with Crippen molar-refractivity contribution in [1.29, 1.82) is 0 Å². The van der Waals surface area contributed by atoms with Gasteiger partial charge in [0.2, 0.25) is 0 Å². The Kier molecular flexibility index (Phi) is 26.6. The lowest BCUT2D eigenvalue weighted by Gasteiger charge is -2.47. The summed E-state index contributed by atoms with van der Waals surface area (Å²) in [6, 6.07) is -9.30. The maximum atomic E-state index is 12.0. The van der Waals surface area contributed by atoms with Crippen LogP contribution < -0.4 is 68.8 Å². The number of ether oxygens (including phenoxy) is 13. The summed E-state index contributed by atoms with van der Waals surface area (Å²) < 4.78 is 82.0.